The molecule has 0 atom stereocenters. The molecule has 0 saturated heterocycles. The van der Waals surface area contributed by atoms with Gasteiger partial charge in [0, 0.05) is 27.8 Å². The number of anilines is 1. The summed E-state index contributed by atoms with van der Waals surface area (Å²) < 4.78 is 20.1. The molecule has 28 heavy (non-hydrogen) atoms. The van der Waals surface area contributed by atoms with E-state index in [1.54, 1.807) is 49.4 Å². The second kappa shape index (κ2) is 8.27. The lowest BCUT2D eigenvalue weighted by molar-refractivity contribution is -0.119. The van der Waals surface area contributed by atoms with E-state index >= 15 is 0 Å². The van der Waals surface area contributed by atoms with Gasteiger partial charge in [-0.2, -0.15) is 0 Å². The first-order chi connectivity index (χ1) is 13.3. The first kappa shape index (κ1) is 19.6. The van der Waals surface area contributed by atoms with Crippen LogP contribution in [0.2, 0.25) is 5.02 Å². The van der Waals surface area contributed by atoms with Crippen molar-refractivity contribution in [2.24, 2.45) is 0 Å². The molecule has 3 aromatic rings. The molecule has 0 spiro atoms. The Morgan fingerprint density at radius 2 is 1.71 bits per heavy atom. The Hall–Kier alpha value is -3.12. The third-order valence-electron chi connectivity index (χ3n) is 4.20. The number of aromatic nitrogens is 1. The molecule has 1 amide bonds. The Morgan fingerprint density at radius 3 is 2.36 bits per heavy atom. The average molecular weight is 401 g/mol. The van der Waals surface area contributed by atoms with Gasteiger partial charge in [0.2, 0.25) is 0 Å². The highest BCUT2D eigenvalue weighted by Crippen LogP contribution is 2.22. The van der Waals surface area contributed by atoms with Crippen LogP contribution in [0.5, 0.6) is 0 Å². The number of carbonyl (C=O) groups is 2. The van der Waals surface area contributed by atoms with E-state index in [4.69, 9.17) is 16.3 Å². The van der Waals surface area contributed by atoms with Crippen LogP contribution in [0.3, 0.4) is 0 Å². The second-order valence-corrected chi connectivity index (χ2v) is 6.66. The van der Waals surface area contributed by atoms with Crippen molar-refractivity contribution >= 4 is 29.2 Å². The zero-order chi connectivity index (χ0) is 20.3. The zero-order valence-corrected chi connectivity index (χ0v) is 16.1. The van der Waals surface area contributed by atoms with E-state index in [1.165, 1.54) is 12.1 Å². The van der Waals surface area contributed by atoms with Crippen LogP contribution in [0.1, 0.15) is 21.7 Å². The number of esters is 1. The fourth-order valence-electron chi connectivity index (χ4n) is 2.90. The summed E-state index contributed by atoms with van der Waals surface area (Å²) in [6, 6.07) is 14.2. The van der Waals surface area contributed by atoms with E-state index in [1.807, 2.05) is 11.5 Å². The van der Waals surface area contributed by atoms with Gasteiger partial charge in [-0.15, -0.1) is 0 Å². The molecule has 1 aromatic heterocycles. The molecule has 0 fully saturated rings. The second-order valence-electron chi connectivity index (χ2n) is 6.23. The standard InChI is InChI=1S/C21H18ClFN2O3/c1-13-11-19(14(2)25(13)18-9-5-16(23)6-10-18)21(27)28-12-20(26)24-17-7-3-15(22)4-8-17/h3-11H,12H2,1-2H3,(H,24,26). The predicted molar refractivity (Wildman–Crippen MR) is 106 cm³/mol. The number of nitrogens with one attached hydrogen (secondary N) is 1. The Morgan fingerprint density at radius 1 is 1.07 bits per heavy atom. The van der Waals surface area contributed by atoms with E-state index in [2.05, 4.69) is 5.32 Å². The number of halogens is 2. The molecule has 0 saturated carbocycles. The number of benzene rings is 2. The highest BCUT2D eigenvalue weighted by Gasteiger charge is 2.19. The number of nitrogens with zero attached hydrogens (tertiary/aromatic N) is 1. The quantitative estimate of drug-likeness (QED) is 0.632. The molecule has 5 nitrogen and oxygen atoms in total. The van der Waals surface area contributed by atoms with Gasteiger partial charge in [-0.05, 0) is 68.4 Å². The molecule has 2 aromatic carbocycles. The van der Waals surface area contributed by atoms with Crippen molar-refractivity contribution in [3.63, 3.8) is 0 Å². The van der Waals surface area contributed by atoms with Gasteiger partial charge in [-0.1, -0.05) is 11.6 Å². The number of aryl methyl sites for hydroxylation is 1. The van der Waals surface area contributed by atoms with Gasteiger partial charge in [-0.3, -0.25) is 4.79 Å². The minimum Gasteiger partial charge on any atom is -0.452 e. The number of carbonyl (C=O) groups excluding carboxylic acids is 2. The Labute approximate surface area is 166 Å². The number of amides is 1. The van der Waals surface area contributed by atoms with Crippen LogP contribution >= 0.6 is 11.6 Å². The number of ether oxygens (including phenoxy) is 1. The fourth-order valence-corrected chi connectivity index (χ4v) is 3.02. The lowest BCUT2D eigenvalue weighted by Gasteiger charge is -2.10. The molecule has 1 N–H and O–H groups in total. The smallest absolute Gasteiger partial charge is 0.340 e. The largest absolute Gasteiger partial charge is 0.452 e. The normalized spacial score (nSPS) is 10.6. The highest BCUT2D eigenvalue weighted by atomic mass is 35.5. The maximum Gasteiger partial charge on any atom is 0.340 e. The molecule has 0 aliphatic carbocycles. The third kappa shape index (κ3) is 4.40. The van der Waals surface area contributed by atoms with Gasteiger partial charge in [0.1, 0.15) is 5.82 Å². The van der Waals surface area contributed by atoms with Gasteiger partial charge in [0.25, 0.3) is 5.91 Å². The molecular formula is C21H18ClFN2O3. The van der Waals surface area contributed by atoms with Crippen LogP contribution in [-0.2, 0) is 9.53 Å². The van der Waals surface area contributed by atoms with Crippen molar-refractivity contribution < 1.29 is 18.7 Å². The lowest BCUT2D eigenvalue weighted by Crippen LogP contribution is -2.21. The fraction of sp³-hybridized carbons (Fsp3) is 0.143. The van der Waals surface area contributed by atoms with Gasteiger partial charge in [0.05, 0.1) is 5.56 Å². The average Bonchev–Trinajstić information content (AvgIpc) is 2.97. The van der Waals surface area contributed by atoms with Crippen molar-refractivity contribution in [3.05, 3.63) is 82.4 Å². The van der Waals surface area contributed by atoms with Crippen molar-refractivity contribution in [1.29, 1.82) is 0 Å². The van der Waals surface area contributed by atoms with E-state index in [0.29, 0.717) is 22.0 Å². The Balaban J connectivity index is 1.67. The van der Waals surface area contributed by atoms with E-state index in [0.717, 1.165) is 11.4 Å². The van der Waals surface area contributed by atoms with Crippen molar-refractivity contribution in [3.8, 4) is 5.69 Å². The molecule has 7 heteroatoms. The van der Waals surface area contributed by atoms with E-state index in [-0.39, 0.29) is 5.82 Å². The molecule has 0 radical (unpaired) electrons. The SMILES string of the molecule is Cc1cc(C(=O)OCC(=O)Nc2ccc(Cl)cc2)c(C)n1-c1ccc(F)cc1. The molecule has 0 unspecified atom stereocenters. The predicted octanol–water partition coefficient (Wildman–Crippen LogP) is 4.68. The summed E-state index contributed by atoms with van der Waals surface area (Å²) >= 11 is 5.80. The third-order valence-corrected chi connectivity index (χ3v) is 4.45. The maximum absolute atomic E-state index is 13.2. The minimum absolute atomic E-state index is 0.336. The summed E-state index contributed by atoms with van der Waals surface area (Å²) in [4.78, 5) is 24.4. The Kier molecular flexibility index (Phi) is 5.80. The van der Waals surface area contributed by atoms with Gasteiger partial charge in [0.15, 0.2) is 6.61 Å². The summed E-state index contributed by atoms with van der Waals surface area (Å²) in [5, 5.41) is 3.18. The number of hydrogen-bond acceptors (Lipinski definition) is 3. The summed E-state index contributed by atoms with van der Waals surface area (Å²) in [6.07, 6.45) is 0. The van der Waals surface area contributed by atoms with Gasteiger partial charge < -0.3 is 14.6 Å². The Bertz CT molecular complexity index is 1010. The highest BCUT2D eigenvalue weighted by molar-refractivity contribution is 6.30. The summed E-state index contributed by atoms with van der Waals surface area (Å²) in [7, 11) is 0. The molecular weight excluding hydrogens is 383 g/mol. The molecule has 1 heterocycles. The summed E-state index contributed by atoms with van der Waals surface area (Å²) in [5.41, 5.74) is 3.07. The molecule has 144 valence electrons. The first-order valence-corrected chi connectivity index (χ1v) is 8.90. The van der Waals surface area contributed by atoms with Crippen molar-refractivity contribution in [2.45, 2.75) is 13.8 Å². The first-order valence-electron chi connectivity index (χ1n) is 8.52. The molecule has 0 aliphatic rings. The zero-order valence-electron chi connectivity index (χ0n) is 15.3. The maximum atomic E-state index is 13.2. The van der Waals surface area contributed by atoms with Crippen LogP contribution in [0.15, 0.2) is 54.6 Å². The van der Waals surface area contributed by atoms with Gasteiger partial charge >= 0.3 is 5.97 Å². The van der Waals surface area contributed by atoms with E-state index < -0.39 is 18.5 Å². The van der Waals surface area contributed by atoms with Crippen LogP contribution in [0, 0.1) is 19.7 Å². The van der Waals surface area contributed by atoms with Crippen LogP contribution in [0.4, 0.5) is 10.1 Å². The lowest BCUT2D eigenvalue weighted by atomic mass is 10.2. The van der Waals surface area contributed by atoms with Crippen molar-refractivity contribution in [1.82, 2.24) is 4.57 Å². The van der Waals surface area contributed by atoms with Crippen LogP contribution < -0.4 is 5.32 Å². The topological polar surface area (TPSA) is 60.3 Å². The van der Waals surface area contributed by atoms with Crippen LogP contribution in [-0.4, -0.2) is 23.1 Å². The summed E-state index contributed by atoms with van der Waals surface area (Å²) in [5.74, 6) is -1.40. The minimum atomic E-state index is -0.604. The monoisotopic (exact) mass is 400 g/mol. The molecule has 0 bridgehead atoms. The number of hydrogen-bond donors (Lipinski definition) is 1. The van der Waals surface area contributed by atoms with Crippen LogP contribution in [0.25, 0.3) is 5.69 Å². The number of rotatable bonds is 5. The van der Waals surface area contributed by atoms with E-state index in [9.17, 15) is 14.0 Å². The van der Waals surface area contributed by atoms with Gasteiger partial charge in [-0.25, -0.2) is 9.18 Å². The molecule has 3 rings (SSSR count). The van der Waals surface area contributed by atoms with Crippen molar-refractivity contribution in [2.75, 3.05) is 11.9 Å². The molecule has 0 aliphatic heterocycles. The summed E-state index contributed by atoms with van der Waals surface area (Å²) in [6.45, 7) is 3.18.